The summed E-state index contributed by atoms with van der Waals surface area (Å²) >= 11 is 0. The van der Waals surface area contributed by atoms with Gasteiger partial charge in [0.05, 0.1) is 8.07 Å². The number of benzene rings is 1. The van der Waals surface area contributed by atoms with Crippen molar-refractivity contribution >= 4 is 25.6 Å². The Bertz CT molecular complexity index is 555. The highest BCUT2D eigenvalue weighted by atomic mass is 28.3. The first kappa shape index (κ1) is 17.7. The van der Waals surface area contributed by atoms with Gasteiger partial charge in [-0.2, -0.15) is 0 Å². The van der Waals surface area contributed by atoms with Crippen molar-refractivity contribution < 1.29 is 9.59 Å². The van der Waals surface area contributed by atoms with E-state index in [-0.39, 0.29) is 6.03 Å². The summed E-state index contributed by atoms with van der Waals surface area (Å²) in [4.78, 5) is 27.2. The normalized spacial score (nSPS) is 16.2. The van der Waals surface area contributed by atoms with Crippen LogP contribution in [0.1, 0.15) is 17.3 Å². The Hall–Kier alpha value is -1.66. The van der Waals surface area contributed by atoms with Gasteiger partial charge in [0.1, 0.15) is 6.29 Å². The van der Waals surface area contributed by atoms with E-state index in [1.165, 1.54) is 5.19 Å². The molecule has 0 spiro atoms. The minimum Gasteiger partial charge on any atom is -0.338 e. The van der Waals surface area contributed by atoms with E-state index in [4.69, 9.17) is 0 Å². The molecule has 6 heteroatoms. The Morgan fingerprint density at radius 2 is 1.96 bits per heavy atom. The maximum atomic E-state index is 11.9. The number of rotatable bonds is 5. The largest absolute Gasteiger partial charge is 0.338 e. The van der Waals surface area contributed by atoms with Crippen LogP contribution in [-0.2, 0) is 0 Å². The van der Waals surface area contributed by atoms with Gasteiger partial charge in [-0.3, -0.25) is 4.79 Å². The van der Waals surface area contributed by atoms with Crippen LogP contribution in [0.5, 0.6) is 0 Å². The molecular weight excluding hydrogens is 306 g/mol. The first-order valence-corrected chi connectivity index (χ1v) is 11.5. The van der Waals surface area contributed by atoms with Gasteiger partial charge in [0, 0.05) is 38.3 Å². The van der Waals surface area contributed by atoms with Crippen molar-refractivity contribution in [3.05, 3.63) is 29.8 Å². The molecule has 1 aromatic carbocycles. The van der Waals surface area contributed by atoms with E-state index in [1.807, 2.05) is 30.0 Å². The smallest absolute Gasteiger partial charge is 0.317 e. The topological polar surface area (TPSA) is 52.7 Å². The summed E-state index contributed by atoms with van der Waals surface area (Å²) in [6, 6.07) is 8.05. The summed E-state index contributed by atoms with van der Waals surface area (Å²) in [5, 5.41) is 4.17. The van der Waals surface area contributed by atoms with Crippen molar-refractivity contribution in [3.63, 3.8) is 0 Å². The lowest BCUT2D eigenvalue weighted by molar-refractivity contribution is 0.112. The van der Waals surface area contributed by atoms with Crippen molar-refractivity contribution in [2.45, 2.75) is 20.0 Å². The van der Waals surface area contributed by atoms with Gasteiger partial charge in [-0.05, 0) is 13.1 Å². The SMILES string of the molecule is CCNC(=O)N1CCN(C[Si](C)(C)c2cccc(C=O)c2)CC1. The Kier molecular flexibility index (Phi) is 5.95. The van der Waals surface area contributed by atoms with Gasteiger partial charge in [-0.1, -0.05) is 42.5 Å². The molecule has 0 bridgehead atoms. The first-order chi connectivity index (χ1) is 11.0. The lowest BCUT2D eigenvalue weighted by Crippen LogP contribution is -2.58. The molecule has 2 rings (SSSR count). The Morgan fingerprint density at radius 1 is 1.26 bits per heavy atom. The Balaban J connectivity index is 1.94. The predicted octanol–water partition coefficient (Wildman–Crippen LogP) is 1.30. The lowest BCUT2D eigenvalue weighted by atomic mass is 10.2. The highest BCUT2D eigenvalue weighted by Gasteiger charge is 2.29. The van der Waals surface area contributed by atoms with Gasteiger partial charge in [-0.15, -0.1) is 0 Å². The number of hydrogen-bond acceptors (Lipinski definition) is 3. The van der Waals surface area contributed by atoms with Crippen LogP contribution >= 0.6 is 0 Å². The zero-order valence-electron chi connectivity index (χ0n) is 14.3. The van der Waals surface area contributed by atoms with E-state index in [1.54, 1.807) is 0 Å². The van der Waals surface area contributed by atoms with Crippen LogP contribution in [0.4, 0.5) is 4.79 Å². The zero-order valence-corrected chi connectivity index (χ0v) is 15.3. The Labute approximate surface area is 139 Å². The first-order valence-electron chi connectivity index (χ1n) is 8.27. The molecule has 23 heavy (non-hydrogen) atoms. The minimum atomic E-state index is -1.63. The van der Waals surface area contributed by atoms with E-state index in [2.05, 4.69) is 29.4 Å². The van der Waals surface area contributed by atoms with Gasteiger partial charge in [0.25, 0.3) is 0 Å². The van der Waals surface area contributed by atoms with E-state index in [9.17, 15) is 9.59 Å². The minimum absolute atomic E-state index is 0.0438. The van der Waals surface area contributed by atoms with Crippen LogP contribution in [0, 0.1) is 0 Å². The highest BCUT2D eigenvalue weighted by Crippen LogP contribution is 2.10. The molecule has 0 aliphatic carbocycles. The van der Waals surface area contributed by atoms with Crippen molar-refractivity contribution in [3.8, 4) is 0 Å². The van der Waals surface area contributed by atoms with Crippen molar-refractivity contribution in [1.82, 2.24) is 15.1 Å². The number of urea groups is 1. The third-order valence-electron chi connectivity index (χ3n) is 4.41. The standard InChI is InChI=1S/C17H27N3O2Si/c1-4-18-17(22)20-10-8-19(9-11-20)14-23(2,3)16-7-5-6-15(12-16)13-21/h5-7,12-13H,4,8-11,14H2,1-3H3,(H,18,22). The fourth-order valence-electron chi connectivity index (χ4n) is 3.06. The molecule has 1 saturated heterocycles. The quantitative estimate of drug-likeness (QED) is 0.653. The molecule has 0 radical (unpaired) electrons. The van der Waals surface area contributed by atoms with Crippen LogP contribution < -0.4 is 10.5 Å². The summed E-state index contributed by atoms with van der Waals surface area (Å²) in [5.74, 6) is 0. The van der Waals surface area contributed by atoms with Crippen LogP contribution in [0.3, 0.4) is 0 Å². The fourth-order valence-corrected chi connectivity index (χ4v) is 5.78. The highest BCUT2D eigenvalue weighted by molar-refractivity contribution is 6.90. The van der Waals surface area contributed by atoms with E-state index < -0.39 is 8.07 Å². The maximum absolute atomic E-state index is 11.9. The predicted molar refractivity (Wildman–Crippen MR) is 96.0 cm³/mol. The summed E-state index contributed by atoms with van der Waals surface area (Å²) < 4.78 is 0. The van der Waals surface area contributed by atoms with Crippen LogP contribution in [0.15, 0.2) is 24.3 Å². The average Bonchev–Trinajstić information content (AvgIpc) is 2.55. The molecule has 0 aromatic heterocycles. The number of carbonyl (C=O) groups is 2. The molecule has 1 fully saturated rings. The summed E-state index contributed by atoms with van der Waals surface area (Å²) in [7, 11) is -1.63. The van der Waals surface area contributed by atoms with Crippen LogP contribution in [0.2, 0.25) is 13.1 Å². The van der Waals surface area contributed by atoms with Gasteiger partial charge in [0.2, 0.25) is 0 Å². The van der Waals surface area contributed by atoms with Gasteiger partial charge >= 0.3 is 6.03 Å². The van der Waals surface area contributed by atoms with Crippen LogP contribution in [0.25, 0.3) is 0 Å². The second-order valence-electron chi connectivity index (χ2n) is 6.73. The number of amides is 2. The second kappa shape index (κ2) is 7.74. The molecule has 126 valence electrons. The number of hydrogen-bond donors (Lipinski definition) is 1. The monoisotopic (exact) mass is 333 g/mol. The molecule has 1 aliphatic heterocycles. The summed E-state index contributed by atoms with van der Waals surface area (Å²) in [6.45, 7) is 10.7. The van der Waals surface area contributed by atoms with Gasteiger partial charge < -0.3 is 15.1 Å². The third kappa shape index (κ3) is 4.65. The number of carbonyl (C=O) groups excluding carboxylic acids is 2. The van der Waals surface area contributed by atoms with Gasteiger partial charge in [0.15, 0.2) is 0 Å². The molecule has 1 heterocycles. The average molecular weight is 334 g/mol. The van der Waals surface area contributed by atoms with Crippen molar-refractivity contribution in [1.29, 1.82) is 0 Å². The van der Waals surface area contributed by atoms with Crippen LogP contribution in [-0.4, -0.2) is 69.1 Å². The molecule has 0 unspecified atom stereocenters. The molecule has 1 N–H and O–H groups in total. The molecule has 0 saturated carbocycles. The van der Waals surface area contributed by atoms with Crippen molar-refractivity contribution in [2.24, 2.45) is 0 Å². The number of piperazine rings is 1. The molecule has 5 nitrogen and oxygen atoms in total. The summed E-state index contributed by atoms with van der Waals surface area (Å²) in [6.07, 6.45) is 1.97. The van der Waals surface area contributed by atoms with Gasteiger partial charge in [-0.25, -0.2) is 4.79 Å². The second-order valence-corrected chi connectivity index (χ2v) is 11.4. The Morgan fingerprint density at radius 3 is 2.57 bits per heavy atom. The molecule has 1 aliphatic rings. The maximum Gasteiger partial charge on any atom is 0.317 e. The molecule has 0 atom stereocenters. The van der Waals surface area contributed by atoms with E-state index >= 15 is 0 Å². The number of aldehydes is 1. The molecular formula is C17H27N3O2Si. The lowest BCUT2D eigenvalue weighted by Gasteiger charge is -2.38. The zero-order chi connectivity index (χ0) is 16.9. The van der Waals surface area contributed by atoms with E-state index in [0.717, 1.165) is 44.2 Å². The third-order valence-corrected chi connectivity index (χ3v) is 7.52. The number of nitrogens with one attached hydrogen (secondary N) is 1. The summed E-state index contributed by atoms with van der Waals surface area (Å²) in [5.41, 5.74) is 0.754. The number of nitrogens with zero attached hydrogens (tertiary/aromatic N) is 2. The van der Waals surface area contributed by atoms with E-state index in [0.29, 0.717) is 6.54 Å². The van der Waals surface area contributed by atoms with Crippen molar-refractivity contribution in [2.75, 3.05) is 38.9 Å². The molecule has 2 amide bonds. The molecule has 1 aromatic rings. The fraction of sp³-hybridized carbons (Fsp3) is 0.529.